The van der Waals surface area contributed by atoms with Crippen LogP contribution in [0, 0.1) is 5.82 Å². The average Bonchev–Trinajstić information content (AvgIpc) is 2.93. The molecule has 2 aromatic carbocycles. The summed E-state index contributed by atoms with van der Waals surface area (Å²) in [6, 6.07) is 11.2. The van der Waals surface area contributed by atoms with Crippen molar-refractivity contribution in [3.63, 3.8) is 0 Å². The predicted molar refractivity (Wildman–Crippen MR) is 77.1 cm³/mol. The average molecular weight is 271 g/mol. The van der Waals surface area contributed by atoms with Crippen LogP contribution in [0.5, 0.6) is 5.75 Å². The third-order valence-electron chi connectivity index (χ3n) is 3.82. The van der Waals surface area contributed by atoms with E-state index in [0.29, 0.717) is 12.1 Å². The van der Waals surface area contributed by atoms with E-state index in [-0.39, 0.29) is 12.4 Å². The van der Waals surface area contributed by atoms with E-state index in [0.717, 1.165) is 24.2 Å². The fraction of sp³-hybridized carbons (Fsp3) is 0.294. The van der Waals surface area contributed by atoms with Gasteiger partial charge >= 0.3 is 0 Å². The van der Waals surface area contributed by atoms with Crippen LogP contribution in [0.2, 0.25) is 0 Å². The minimum absolute atomic E-state index is 0.246. The van der Waals surface area contributed by atoms with Crippen molar-refractivity contribution >= 4 is 0 Å². The van der Waals surface area contributed by atoms with Crippen molar-refractivity contribution < 1.29 is 9.13 Å². The lowest BCUT2D eigenvalue weighted by Crippen LogP contribution is -2.02. The normalized spacial score (nSPS) is 13.3. The summed E-state index contributed by atoms with van der Waals surface area (Å²) in [6.45, 7) is 0.596. The molecule has 0 radical (unpaired) electrons. The van der Waals surface area contributed by atoms with Crippen LogP contribution in [0.15, 0.2) is 36.4 Å². The molecule has 0 heterocycles. The van der Waals surface area contributed by atoms with Crippen molar-refractivity contribution in [3.8, 4) is 5.75 Å². The summed E-state index contributed by atoms with van der Waals surface area (Å²) in [7, 11) is 0. The highest BCUT2D eigenvalue weighted by Crippen LogP contribution is 2.26. The van der Waals surface area contributed by atoms with Crippen LogP contribution in [0.1, 0.15) is 28.7 Å². The van der Waals surface area contributed by atoms with Gasteiger partial charge in [0, 0.05) is 12.1 Å². The van der Waals surface area contributed by atoms with Crippen molar-refractivity contribution in [1.29, 1.82) is 0 Å². The molecule has 1 aliphatic carbocycles. The number of aryl methyl sites for hydroxylation is 2. The molecule has 0 aliphatic heterocycles. The number of ether oxygens (including phenoxy) is 1. The Bertz CT molecular complexity index is 624. The molecule has 0 fully saturated rings. The molecule has 3 heteroatoms. The van der Waals surface area contributed by atoms with Crippen LogP contribution in [-0.2, 0) is 26.0 Å². The zero-order valence-electron chi connectivity index (χ0n) is 11.4. The summed E-state index contributed by atoms with van der Waals surface area (Å²) in [4.78, 5) is 0. The molecule has 0 unspecified atom stereocenters. The topological polar surface area (TPSA) is 35.2 Å². The summed E-state index contributed by atoms with van der Waals surface area (Å²) in [5.74, 6) is 0.557. The molecule has 0 bridgehead atoms. The first-order valence-electron chi connectivity index (χ1n) is 6.98. The smallest absolute Gasteiger partial charge is 0.130 e. The first kappa shape index (κ1) is 13.1. The molecule has 0 saturated carbocycles. The Morgan fingerprint density at radius 3 is 2.70 bits per heavy atom. The van der Waals surface area contributed by atoms with E-state index in [1.807, 2.05) is 12.1 Å². The van der Waals surface area contributed by atoms with Gasteiger partial charge in [-0.05, 0) is 54.2 Å². The Kier molecular flexibility index (Phi) is 3.70. The molecule has 0 atom stereocenters. The van der Waals surface area contributed by atoms with Crippen LogP contribution >= 0.6 is 0 Å². The maximum Gasteiger partial charge on any atom is 0.130 e. The molecule has 2 nitrogen and oxygen atoms in total. The predicted octanol–water partition coefficient (Wildman–Crippen LogP) is 3.35. The summed E-state index contributed by atoms with van der Waals surface area (Å²) < 4.78 is 19.5. The number of halogens is 1. The molecule has 0 saturated heterocycles. The second kappa shape index (κ2) is 5.63. The molecule has 0 aromatic heterocycles. The minimum atomic E-state index is -0.255. The molecule has 0 spiro atoms. The van der Waals surface area contributed by atoms with Gasteiger partial charge in [0.15, 0.2) is 0 Å². The molecule has 3 rings (SSSR count). The third kappa shape index (κ3) is 2.68. The fourth-order valence-corrected chi connectivity index (χ4v) is 2.63. The fourth-order valence-electron chi connectivity index (χ4n) is 2.63. The number of fused-ring (bicyclic) bond motifs is 1. The lowest BCUT2D eigenvalue weighted by molar-refractivity contribution is 0.299. The maximum absolute atomic E-state index is 13.8. The summed E-state index contributed by atoms with van der Waals surface area (Å²) in [6.07, 6.45) is 3.49. The Morgan fingerprint density at radius 2 is 1.90 bits per heavy atom. The van der Waals surface area contributed by atoms with Gasteiger partial charge in [-0.25, -0.2) is 4.39 Å². The maximum atomic E-state index is 13.8. The lowest BCUT2D eigenvalue weighted by Gasteiger charge is -2.09. The number of rotatable bonds is 4. The summed E-state index contributed by atoms with van der Waals surface area (Å²) >= 11 is 0. The van der Waals surface area contributed by atoms with Gasteiger partial charge in [-0.15, -0.1) is 0 Å². The van der Waals surface area contributed by atoms with Crippen LogP contribution in [0.3, 0.4) is 0 Å². The molecule has 0 amide bonds. The zero-order valence-corrected chi connectivity index (χ0v) is 11.4. The SMILES string of the molecule is NCc1ccc(COc2ccc3c(c2)CCC3)c(F)c1. The second-order valence-corrected chi connectivity index (χ2v) is 5.20. The van der Waals surface area contributed by atoms with Crippen LogP contribution in [-0.4, -0.2) is 0 Å². The molecule has 2 N–H and O–H groups in total. The minimum Gasteiger partial charge on any atom is -0.489 e. The van der Waals surface area contributed by atoms with Gasteiger partial charge in [-0.2, -0.15) is 0 Å². The van der Waals surface area contributed by atoms with Crippen molar-refractivity contribution in [2.24, 2.45) is 5.73 Å². The number of hydrogen-bond acceptors (Lipinski definition) is 2. The molecule has 104 valence electrons. The first-order chi connectivity index (χ1) is 9.76. The number of hydrogen-bond donors (Lipinski definition) is 1. The number of nitrogens with two attached hydrogens (primary N) is 1. The van der Waals surface area contributed by atoms with Gasteiger partial charge in [0.25, 0.3) is 0 Å². The molecule has 2 aromatic rings. The van der Waals surface area contributed by atoms with E-state index in [1.54, 1.807) is 6.07 Å². The zero-order chi connectivity index (χ0) is 13.9. The van der Waals surface area contributed by atoms with Gasteiger partial charge in [0.05, 0.1) is 0 Å². The van der Waals surface area contributed by atoms with Gasteiger partial charge < -0.3 is 10.5 Å². The van der Waals surface area contributed by atoms with Crippen LogP contribution < -0.4 is 10.5 Å². The highest BCUT2D eigenvalue weighted by atomic mass is 19.1. The summed E-state index contributed by atoms with van der Waals surface area (Å²) in [5, 5.41) is 0. The standard InChI is InChI=1S/C17H18FNO/c18-17-8-12(10-19)4-5-15(17)11-20-16-7-6-13-2-1-3-14(13)9-16/h4-9H,1-3,10-11,19H2. The van der Waals surface area contributed by atoms with Gasteiger partial charge in [-0.1, -0.05) is 18.2 Å². The van der Waals surface area contributed by atoms with Crippen LogP contribution in [0.4, 0.5) is 4.39 Å². The Morgan fingerprint density at radius 1 is 1.05 bits per heavy atom. The molecule has 20 heavy (non-hydrogen) atoms. The van der Waals surface area contributed by atoms with Gasteiger partial charge in [0.1, 0.15) is 18.2 Å². The van der Waals surface area contributed by atoms with Crippen molar-refractivity contribution in [2.75, 3.05) is 0 Å². The van der Waals surface area contributed by atoms with Gasteiger partial charge in [-0.3, -0.25) is 0 Å². The van der Waals surface area contributed by atoms with E-state index in [1.165, 1.54) is 23.6 Å². The first-order valence-corrected chi connectivity index (χ1v) is 6.98. The molecular formula is C17H18FNO. The van der Waals surface area contributed by atoms with Crippen molar-refractivity contribution in [1.82, 2.24) is 0 Å². The van der Waals surface area contributed by atoms with Crippen LogP contribution in [0.25, 0.3) is 0 Å². The van der Waals surface area contributed by atoms with E-state index in [4.69, 9.17) is 10.5 Å². The lowest BCUT2D eigenvalue weighted by atomic mass is 10.1. The Labute approximate surface area is 118 Å². The Balaban J connectivity index is 1.70. The van der Waals surface area contributed by atoms with E-state index in [2.05, 4.69) is 12.1 Å². The quantitative estimate of drug-likeness (QED) is 0.925. The van der Waals surface area contributed by atoms with E-state index >= 15 is 0 Å². The highest BCUT2D eigenvalue weighted by molar-refractivity contribution is 5.38. The number of benzene rings is 2. The molecule has 1 aliphatic rings. The van der Waals surface area contributed by atoms with Crippen molar-refractivity contribution in [3.05, 3.63) is 64.5 Å². The Hall–Kier alpha value is -1.87. The van der Waals surface area contributed by atoms with E-state index < -0.39 is 0 Å². The van der Waals surface area contributed by atoms with Gasteiger partial charge in [0.2, 0.25) is 0 Å². The summed E-state index contributed by atoms with van der Waals surface area (Å²) in [5.41, 5.74) is 9.62. The largest absolute Gasteiger partial charge is 0.489 e. The monoisotopic (exact) mass is 271 g/mol. The molecular weight excluding hydrogens is 253 g/mol. The third-order valence-corrected chi connectivity index (χ3v) is 3.82. The highest BCUT2D eigenvalue weighted by Gasteiger charge is 2.11. The van der Waals surface area contributed by atoms with E-state index in [9.17, 15) is 4.39 Å². The second-order valence-electron chi connectivity index (χ2n) is 5.20. The van der Waals surface area contributed by atoms with Crippen molar-refractivity contribution in [2.45, 2.75) is 32.4 Å².